The van der Waals surface area contributed by atoms with Gasteiger partial charge >= 0.3 is 0 Å². The van der Waals surface area contributed by atoms with Crippen molar-refractivity contribution in [2.45, 2.75) is 18.9 Å². The first kappa shape index (κ1) is 14.0. The molecule has 3 heteroatoms. The van der Waals surface area contributed by atoms with Gasteiger partial charge in [-0.3, -0.25) is 4.98 Å². The van der Waals surface area contributed by atoms with Crippen molar-refractivity contribution in [2.24, 2.45) is 0 Å². The summed E-state index contributed by atoms with van der Waals surface area (Å²) in [4.78, 5) is 6.65. The summed E-state index contributed by atoms with van der Waals surface area (Å²) in [5.74, 6) is 0. The van der Waals surface area contributed by atoms with Crippen molar-refractivity contribution in [1.29, 1.82) is 0 Å². The highest BCUT2D eigenvalue weighted by Crippen LogP contribution is 2.18. The second-order valence-corrected chi connectivity index (χ2v) is 5.27. The molecule has 1 atom stereocenters. The van der Waals surface area contributed by atoms with Gasteiger partial charge in [0.15, 0.2) is 0 Å². The molecule has 0 aliphatic carbocycles. The summed E-state index contributed by atoms with van der Waals surface area (Å²) in [6.07, 6.45) is 4.11. The molecule has 2 aromatic rings. The van der Waals surface area contributed by atoms with Crippen LogP contribution in [0.3, 0.4) is 0 Å². The number of para-hydroxylation sites is 1. The number of likely N-dealkylation sites (N-methyl/N-ethyl adjacent to an activating group) is 1. The van der Waals surface area contributed by atoms with E-state index >= 15 is 0 Å². The van der Waals surface area contributed by atoms with Crippen LogP contribution in [-0.4, -0.2) is 43.6 Å². The Bertz CT molecular complexity index is 517. The Morgan fingerprint density at radius 1 is 1.21 bits per heavy atom. The van der Waals surface area contributed by atoms with Crippen LogP contribution in [0.15, 0.2) is 36.5 Å². The number of hydrogen-bond donors (Lipinski definition) is 1. The molecule has 1 heterocycles. The van der Waals surface area contributed by atoms with Gasteiger partial charge in [0.05, 0.1) is 5.52 Å². The molecule has 2 rings (SSSR count). The summed E-state index contributed by atoms with van der Waals surface area (Å²) in [5, 5.41) is 4.70. The zero-order valence-corrected chi connectivity index (χ0v) is 12.1. The van der Waals surface area contributed by atoms with Gasteiger partial charge in [-0.25, -0.2) is 0 Å². The molecule has 0 radical (unpaired) electrons. The molecule has 1 aromatic carbocycles. The minimum absolute atomic E-state index is 0.508. The van der Waals surface area contributed by atoms with Gasteiger partial charge < -0.3 is 10.2 Å². The first-order valence-corrected chi connectivity index (χ1v) is 6.85. The van der Waals surface area contributed by atoms with Crippen LogP contribution in [-0.2, 0) is 6.42 Å². The van der Waals surface area contributed by atoms with Crippen LogP contribution in [0, 0.1) is 0 Å². The molecule has 0 saturated carbocycles. The average Bonchev–Trinajstić information content (AvgIpc) is 2.43. The Morgan fingerprint density at radius 2 is 2.00 bits per heavy atom. The highest BCUT2D eigenvalue weighted by molar-refractivity contribution is 5.81. The molecular weight excluding hydrogens is 234 g/mol. The zero-order chi connectivity index (χ0) is 13.7. The van der Waals surface area contributed by atoms with Crippen molar-refractivity contribution in [3.8, 4) is 0 Å². The Balaban J connectivity index is 2.15. The van der Waals surface area contributed by atoms with E-state index in [9.17, 15) is 0 Å². The molecular formula is C16H23N3. The molecule has 1 aromatic heterocycles. The monoisotopic (exact) mass is 257 g/mol. The summed E-state index contributed by atoms with van der Waals surface area (Å²) in [6, 6.07) is 11.0. The molecule has 19 heavy (non-hydrogen) atoms. The quantitative estimate of drug-likeness (QED) is 0.861. The van der Waals surface area contributed by atoms with Crippen LogP contribution in [0.4, 0.5) is 0 Å². The molecule has 0 amide bonds. The predicted molar refractivity (Wildman–Crippen MR) is 81.5 cm³/mol. The van der Waals surface area contributed by atoms with Crippen molar-refractivity contribution in [3.05, 3.63) is 42.1 Å². The third-order valence-corrected chi connectivity index (χ3v) is 3.54. The van der Waals surface area contributed by atoms with Crippen molar-refractivity contribution >= 4 is 10.9 Å². The largest absolute Gasteiger partial charge is 0.317 e. The van der Waals surface area contributed by atoms with Gasteiger partial charge in [0, 0.05) is 17.6 Å². The fraction of sp³-hybridized carbons (Fsp3) is 0.438. The van der Waals surface area contributed by atoms with Crippen LogP contribution in [0.25, 0.3) is 10.9 Å². The number of fused-ring (bicyclic) bond motifs is 1. The molecule has 0 bridgehead atoms. The summed E-state index contributed by atoms with van der Waals surface area (Å²) in [5.41, 5.74) is 2.46. The fourth-order valence-corrected chi connectivity index (χ4v) is 2.36. The molecule has 102 valence electrons. The van der Waals surface area contributed by atoms with Crippen molar-refractivity contribution < 1.29 is 0 Å². The smallest absolute Gasteiger partial charge is 0.0704 e. The van der Waals surface area contributed by atoms with Crippen molar-refractivity contribution in [3.63, 3.8) is 0 Å². The Morgan fingerprint density at radius 3 is 2.74 bits per heavy atom. The maximum atomic E-state index is 4.42. The van der Waals surface area contributed by atoms with E-state index in [1.54, 1.807) is 0 Å². The molecule has 0 spiro atoms. The van der Waals surface area contributed by atoms with Gasteiger partial charge in [0.2, 0.25) is 0 Å². The van der Waals surface area contributed by atoms with E-state index in [0.29, 0.717) is 6.04 Å². The SMILES string of the molecule is CNC(CCN(C)C)Cc1ccnc2ccccc12. The molecule has 1 unspecified atom stereocenters. The first-order chi connectivity index (χ1) is 9.20. The maximum Gasteiger partial charge on any atom is 0.0704 e. The highest BCUT2D eigenvalue weighted by Gasteiger charge is 2.10. The minimum atomic E-state index is 0.508. The summed E-state index contributed by atoms with van der Waals surface area (Å²) < 4.78 is 0. The van der Waals surface area contributed by atoms with Gasteiger partial charge in [-0.1, -0.05) is 18.2 Å². The second kappa shape index (κ2) is 6.64. The van der Waals surface area contributed by atoms with E-state index in [0.717, 1.165) is 24.9 Å². The zero-order valence-electron chi connectivity index (χ0n) is 12.1. The average molecular weight is 257 g/mol. The number of nitrogens with one attached hydrogen (secondary N) is 1. The van der Waals surface area contributed by atoms with E-state index in [1.807, 2.05) is 19.3 Å². The van der Waals surface area contributed by atoms with E-state index in [4.69, 9.17) is 0 Å². The fourth-order valence-electron chi connectivity index (χ4n) is 2.36. The Kier molecular flexibility index (Phi) is 4.88. The number of nitrogens with zero attached hydrogens (tertiary/aromatic N) is 2. The van der Waals surface area contributed by atoms with E-state index in [2.05, 4.69) is 53.6 Å². The number of benzene rings is 1. The van der Waals surface area contributed by atoms with Gasteiger partial charge in [-0.05, 0) is 58.2 Å². The lowest BCUT2D eigenvalue weighted by atomic mass is 10.00. The molecule has 0 aliphatic rings. The normalized spacial score (nSPS) is 13.1. The third kappa shape index (κ3) is 3.75. The number of hydrogen-bond acceptors (Lipinski definition) is 3. The van der Waals surface area contributed by atoms with Crippen LogP contribution in [0.2, 0.25) is 0 Å². The lowest BCUT2D eigenvalue weighted by molar-refractivity contribution is 0.364. The number of pyridine rings is 1. The van der Waals surface area contributed by atoms with Gasteiger partial charge in [0.25, 0.3) is 0 Å². The number of rotatable bonds is 6. The lowest BCUT2D eigenvalue weighted by Crippen LogP contribution is -2.31. The van der Waals surface area contributed by atoms with E-state index in [-0.39, 0.29) is 0 Å². The summed E-state index contributed by atoms with van der Waals surface area (Å²) in [6.45, 7) is 1.11. The minimum Gasteiger partial charge on any atom is -0.317 e. The van der Waals surface area contributed by atoms with Crippen LogP contribution in [0.5, 0.6) is 0 Å². The van der Waals surface area contributed by atoms with E-state index < -0.39 is 0 Å². The third-order valence-electron chi connectivity index (χ3n) is 3.54. The van der Waals surface area contributed by atoms with Crippen LogP contribution < -0.4 is 5.32 Å². The molecule has 3 nitrogen and oxygen atoms in total. The van der Waals surface area contributed by atoms with Gasteiger partial charge in [0.1, 0.15) is 0 Å². The summed E-state index contributed by atoms with van der Waals surface area (Å²) in [7, 11) is 6.28. The predicted octanol–water partition coefficient (Wildman–Crippen LogP) is 2.32. The second-order valence-electron chi connectivity index (χ2n) is 5.27. The van der Waals surface area contributed by atoms with Crippen molar-refractivity contribution in [2.75, 3.05) is 27.7 Å². The maximum absolute atomic E-state index is 4.42. The number of aromatic nitrogens is 1. The molecule has 0 fully saturated rings. The first-order valence-electron chi connectivity index (χ1n) is 6.85. The van der Waals surface area contributed by atoms with Crippen molar-refractivity contribution in [1.82, 2.24) is 15.2 Å². The van der Waals surface area contributed by atoms with Crippen LogP contribution in [0.1, 0.15) is 12.0 Å². The van der Waals surface area contributed by atoms with E-state index in [1.165, 1.54) is 10.9 Å². The molecule has 0 aliphatic heterocycles. The lowest BCUT2D eigenvalue weighted by Gasteiger charge is -2.19. The van der Waals surface area contributed by atoms with Crippen LogP contribution >= 0.6 is 0 Å². The molecule has 0 saturated heterocycles. The van der Waals surface area contributed by atoms with Gasteiger partial charge in [-0.15, -0.1) is 0 Å². The summed E-state index contributed by atoms with van der Waals surface area (Å²) >= 11 is 0. The standard InChI is InChI=1S/C16H23N3/c1-17-14(9-11-19(2)3)12-13-8-10-18-16-7-5-4-6-15(13)16/h4-8,10,14,17H,9,11-12H2,1-3H3. The highest BCUT2D eigenvalue weighted by atomic mass is 15.1. The Hall–Kier alpha value is -1.45. The molecule has 1 N–H and O–H groups in total. The van der Waals surface area contributed by atoms with Gasteiger partial charge in [-0.2, -0.15) is 0 Å². The Labute approximate surface area is 115 Å². The topological polar surface area (TPSA) is 28.2 Å².